The van der Waals surface area contributed by atoms with Gasteiger partial charge in [0.2, 0.25) is 5.91 Å². The van der Waals surface area contributed by atoms with Gasteiger partial charge in [0, 0.05) is 12.0 Å². The first-order valence-corrected chi connectivity index (χ1v) is 4.30. The second-order valence-corrected chi connectivity index (χ2v) is 3.09. The Bertz CT molecular complexity index is 229. The summed E-state index contributed by atoms with van der Waals surface area (Å²) in [7, 11) is -4.16. The average Bonchev–Trinajstić information content (AvgIpc) is 1.85. The standard InChI is InChI=1S/C5H8NO4P/c1-2-5(7)6-3-4-11(8,9)10/h2-4H,1H2,(H,6,7)(H2,8,9,10). The Morgan fingerprint density at radius 3 is 2.45 bits per heavy atom. The maximum absolute atomic E-state index is 10.4. The summed E-state index contributed by atoms with van der Waals surface area (Å²) in [5.41, 5.74) is 0. The Kier molecular flexibility index (Phi) is 3.74. The number of carbonyl (C=O) groups is 1. The third-order valence-electron chi connectivity index (χ3n) is 0.680. The predicted molar refractivity (Wildman–Crippen MR) is 39.5 cm³/mol. The largest absolute Gasteiger partial charge is 0.350 e. The predicted octanol–water partition coefficient (Wildman–Crippen LogP) is -0.0625. The summed E-state index contributed by atoms with van der Waals surface area (Å²) in [4.78, 5) is 26.9. The highest BCUT2D eigenvalue weighted by Gasteiger charge is 2.04. The van der Waals surface area contributed by atoms with Gasteiger partial charge >= 0.3 is 7.60 Å². The normalized spacial score (nSPS) is 11.5. The van der Waals surface area contributed by atoms with E-state index < -0.39 is 13.5 Å². The molecule has 1 amide bonds. The first-order valence-electron chi connectivity index (χ1n) is 2.61. The lowest BCUT2D eigenvalue weighted by Crippen LogP contribution is -2.12. The van der Waals surface area contributed by atoms with Crippen molar-refractivity contribution in [3.05, 3.63) is 24.7 Å². The van der Waals surface area contributed by atoms with Crippen molar-refractivity contribution in [1.82, 2.24) is 5.32 Å². The van der Waals surface area contributed by atoms with Crippen LogP contribution in [-0.4, -0.2) is 15.7 Å². The van der Waals surface area contributed by atoms with Crippen LogP contribution in [0.3, 0.4) is 0 Å². The third-order valence-corrected chi connectivity index (χ3v) is 1.22. The van der Waals surface area contributed by atoms with Gasteiger partial charge in [-0.25, -0.2) is 0 Å². The molecule has 0 saturated heterocycles. The smallest absolute Gasteiger partial charge is 0.329 e. The average molecular weight is 177 g/mol. The second kappa shape index (κ2) is 4.08. The molecule has 0 fully saturated rings. The van der Waals surface area contributed by atoms with E-state index in [2.05, 4.69) is 11.9 Å². The van der Waals surface area contributed by atoms with E-state index in [1.165, 1.54) is 0 Å². The van der Waals surface area contributed by atoms with Crippen molar-refractivity contribution < 1.29 is 19.1 Å². The van der Waals surface area contributed by atoms with E-state index in [4.69, 9.17) is 9.79 Å². The topological polar surface area (TPSA) is 86.6 Å². The minimum Gasteiger partial charge on any atom is -0.329 e. The zero-order chi connectivity index (χ0) is 8.91. The van der Waals surface area contributed by atoms with Crippen LogP contribution in [0.5, 0.6) is 0 Å². The summed E-state index contributed by atoms with van der Waals surface area (Å²) in [6.45, 7) is 3.14. The summed E-state index contributed by atoms with van der Waals surface area (Å²) < 4.78 is 10.1. The Morgan fingerprint density at radius 2 is 2.09 bits per heavy atom. The fraction of sp³-hybridized carbons (Fsp3) is 0. The van der Waals surface area contributed by atoms with Crippen molar-refractivity contribution in [2.75, 3.05) is 0 Å². The molecule has 0 aromatic rings. The Hall–Kier alpha value is -0.900. The molecule has 0 aliphatic rings. The highest BCUT2D eigenvalue weighted by atomic mass is 31.2. The molecule has 0 bridgehead atoms. The van der Waals surface area contributed by atoms with E-state index in [0.717, 1.165) is 12.3 Å². The molecule has 11 heavy (non-hydrogen) atoms. The first-order chi connectivity index (χ1) is 4.95. The number of nitrogens with one attached hydrogen (secondary N) is 1. The van der Waals surface area contributed by atoms with Crippen molar-refractivity contribution >= 4 is 13.5 Å². The van der Waals surface area contributed by atoms with E-state index >= 15 is 0 Å². The van der Waals surface area contributed by atoms with E-state index in [9.17, 15) is 9.36 Å². The lowest BCUT2D eigenvalue weighted by molar-refractivity contribution is -0.115. The molecule has 0 aliphatic heterocycles. The quantitative estimate of drug-likeness (QED) is 0.416. The molecule has 0 saturated carbocycles. The lowest BCUT2D eigenvalue weighted by Gasteiger charge is -1.94. The van der Waals surface area contributed by atoms with Crippen LogP contribution in [0.4, 0.5) is 0 Å². The molecule has 62 valence electrons. The van der Waals surface area contributed by atoms with Gasteiger partial charge in [0.1, 0.15) is 0 Å². The number of amides is 1. The highest BCUT2D eigenvalue weighted by Crippen LogP contribution is 2.35. The summed E-state index contributed by atoms with van der Waals surface area (Å²) >= 11 is 0. The fourth-order valence-electron chi connectivity index (χ4n) is 0.275. The van der Waals surface area contributed by atoms with Gasteiger partial charge in [-0.1, -0.05) is 6.58 Å². The highest BCUT2D eigenvalue weighted by molar-refractivity contribution is 7.55. The van der Waals surface area contributed by atoms with Gasteiger partial charge in [-0.2, -0.15) is 0 Å². The van der Waals surface area contributed by atoms with E-state index in [0.29, 0.717) is 5.82 Å². The first kappa shape index (κ1) is 10.1. The molecule has 5 nitrogen and oxygen atoms in total. The van der Waals surface area contributed by atoms with Gasteiger partial charge < -0.3 is 15.1 Å². The minimum atomic E-state index is -4.16. The maximum Gasteiger partial charge on any atom is 0.350 e. The van der Waals surface area contributed by atoms with Crippen LogP contribution in [0.15, 0.2) is 24.7 Å². The molecule has 6 heteroatoms. The molecular formula is C5H8NO4P. The Balaban J connectivity index is 3.89. The summed E-state index contributed by atoms with van der Waals surface area (Å²) in [5.74, 6) is 0.0729. The van der Waals surface area contributed by atoms with Crippen molar-refractivity contribution in [1.29, 1.82) is 0 Å². The van der Waals surface area contributed by atoms with Crippen LogP contribution in [0.1, 0.15) is 0 Å². The molecule has 0 radical (unpaired) electrons. The van der Waals surface area contributed by atoms with Crippen molar-refractivity contribution in [2.24, 2.45) is 0 Å². The lowest BCUT2D eigenvalue weighted by atomic mass is 10.6. The molecular weight excluding hydrogens is 169 g/mol. The Morgan fingerprint density at radius 1 is 1.55 bits per heavy atom. The van der Waals surface area contributed by atoms with Crippen LogP contribution in [0.25, 0.3) is 0 Å². The molecule has 0 aromatic heterocycles. The zero-order valence-corrected chi connectivity index (χ0v) is 6.49. The molecule has 0 spiro atoms. The maximum atomic E-state index is 10.4. The van der Waals surface area contributed by atoms with Gasteiger partial charge in [-0.3, -0.25) is 9.36 Å². The van der Waals surface area contributed by atoms with Crippen molar-refractivity contribution in [3.63, 3.8) is 0 Å². The van der Waals surface area contributed by atoms with Crippen LogP contribution < -0.4 is 5.32 Å². The zero-order valence-electron chi connectivity index (χ0n) is 5.60. The van der Waals surface area contributed by atoms with E-state index in [-0.39, 0.29) is 0 Å². The SMILES string of the molecule is C=CC(=O)NC=CP(=O)(O)O. The van der Waals surface area contributed by atoms with E-state index in [1.807, 2.05) is 0 Å². The fourth-order valence-corrected chi connectivity index (χ4v) is 0.544. The van der Waals surface area contributed by atoms with Gasteiger partial charge in [-0.15, -0.1) is 0 Å². The number of hydrogen-bond donors (Lipinski definition) is 3. The van der Waals surface area contributed by atoms with Crippen LogP contribution in [0.2, 0.25) is 0 Å². The van der Waals surface area contributed by atoms with Gasteiger partial charge in [0.05, 0.1) is 0 Å². The van der Waals surface area contributed by atoms with Gasteiger partial charge in [0.15, 0.2) is 0 Å². The number of rotatable bonds is 3. The number of carbonyl (C=O) groups excluding carboxylic acids is 1. The molecule has 0 rings (SSSR count). The summed E-state index contributed by atoms with van der Waals surface area (Å²) in [6, 6.07) is 0. The molecule has 0 heterocycles. The molecule has 0 aromatic carbocycles. The second-order valence-electron chi connectivity index (χ2n) is 1.62. The van der Waals surface area contributed by atoms with Gasteiger partial charge in [0.25, 0.3) is 0 Å². The van der Waals surface area contributed by atoms with Crippen LogP contribution in [0, 0.1) is 0 Å². The third kappa shape index (κ3) is 6.99. The minimum absolute atomic E-state index is 0.519. The summed E-state index contributed by atoms with van der Waals surface area (Å²) in [6.07, 6.45) is 1.87. The van der Waals surface area contributed by atoms with Crippen LogP contribution in [-0.2, 0) is 9.36 Å². The molecule has 0 aliphatic carbocycles. The molecule has 0 atom stereocenters. The molecule has 3 N–H and O–H groups in total. The van der Waals surface area contributed by atoms with Crippen LogP contribution >= 0.6 is 7.60 Å². The van der Waals surface area contributed by atoms with E-state index in [1.54, 1.807) is 0 Å². The van der Waals surface area contributed by atoms with Crippen molar-refractivity contribution in [2.45, 2.75) is 0 Å². The number of hydrogen-bond acceptors (Lipinski definition) is 2. The Labute approximate surface area is 63.6 Å². The van der Waals surface area contributed by atoms with Gasteiger partial charge in [-0.05, 0) is 6.08 Å². The summed E-state index contributed by atoms with van der Waals surface area (Å²) in [5, 5.41) is 2.06. The monoisotopic (exact) mass is 177 g/mol. The molecule has 0 unspecified atom stereocenters. The van der Waals surface area contributed by atoms with Crippen molar-refractivity contribution in [3.8, 4) is 0 Å².